The molecule has 1 N–H and O–H groups in total. The largest absolute Gasteiger partial charge is 0.489 e. The van der Waals surface area contributed by atoms with Gasteiger partial charge in [0.1, 0.15) is 15.7 Å². The van der Waals surface area contributed by atoms with Gasteiger partial charge in [-0.3, -0.25) is 0 Å². The molecule has 7 heteroatoms. The van der Waals surface area contributed by atoms with E-state index in [-0.39, 0.29) is 13.1 Å². The predicted octanol–water partition coefficient (Wildman–Crippen LogP) is -0.256. The average Bonchev–Trinajstić information content (AvgIpc) is 2.19. The Bertz CT molecular complexity index is 437. The van der Waals surface area contributed by atoms with Crippen molar-refractivity contribution in [3.05, 3.63) is 23.5 Å². The lowest BCUT2D eigenvalue weighted by atomic mass is 9.76. The molecule has 1 aliphatic heterocycles. The summed E-state index contributed by atoms with van der Waals surface area (Å²) in [6, 6.07) is 0.656. The molecule has 0 aromatic heterocycles. The zero-order chi connectivity index (χ0) is 11.9. The van der Waals surface area contributed by atoms with E-state index in [4.69, 9.17) is 20.4 Å². The number of ether oxygens (including phenoxy) is 1. The molecule has 1 aliphatic rings. The summed E-state index contributed by atoms with van der Waals surface area (Å²) in [6.07, 6.45) is 0. The van der Waals surface area contributed by atoms with Crippen LogP contribution in [0.2, 0.25) is 0 Å². The molecule has 0 atom stereocenters. The van der Waals surface area contributed by atoms with Gasteiger partial charge < -0.3 is 10.1 Å². The summed E-state index contributed by atoms with van der Waals surface area (Å²) in [6.45, 7) is 0.468. The van der Waals surface area contributed by atoms with Crippen molar-refractivity contribution < 1.29 is 17.9 Å². The van der Waals surface area contributed by atoms with Crippen LogP contribution in [0.25, 0.3) is 0 Å². The molecule has 0 saturated carbocycles. The second-order valence-electron chi connectivity index (χ2n) is 3.68. The van der Waals surface area contributed by atoms with E-state index in [0.29, 0.717) is 6.07 Å². The summed E-state index contributed by atoms with van der Waals surface area (Å²) >= 11 is 0. The van der Waals surface area contributed by atoms with Gasteiger partial charge in [-0.25, -0.2) is 8.78 Å². The topological polar surface area (TPSA) is 21.3 Å². The van der Waals surface area contributed by atoms with Crippen molar-refractivity contribution in [3.8, 4) is 5.75 Å². The summed E-state index contributed by atoms with van der Waals surface area (Å²) < 4.78 is 44.6. The molecule has 2 rings (SSSR count). The van der Waals surface area contributed by atoms with Crippen LogP contribution >= 0.6 is 0 Å². The molecule has 16 heavy (non-hydrogen) atoms. The first-order valence-electron chi connectivity index (χ1n) is 4.54. The van der Waals surface area contributed by atoms with Gasteiger partial charge in [0.05, 0.1) is 5.50 Å². The van der Waals surface area contributed by atoms with Gasteiger partial charge in [0.2, 0.25) is 5.82 Å². The highest BCUT2D eigenvalue weighted by atomic mass is 19.2. The standard InChI is InChI=1S/C9H6B2F3NO/c10-4-1-5(12)8(7(14)6(4)13)16-9(11)2-15-3-9/h1,15H,2-3H2. The molecule has 0 spiro atoms. The second-order valence-corrected chi connectivity index (χ2v) is 3.68. The first-order valence-corrected chi connectivity index (χ1v) is 4.54. The minimum atomic E-state index is -1.46. The lowest BCUT2D eigenvalue weighted by Crippen LogP contribution is -2.63. The highest BCUT2D eigenvalue weighted by molar-refractivity contribution is 6.32. The Morgan fingerprint density at radius 3 is 2.38 bits per heavy atom. The molecule has 1 fully saturated rings. The molecule has 0 amide bonds. The van der Waals surface area contributed by atoms with Crippen molar-refractivity contribution in [2.24, 2.45) is 0 Å². The highest BCUT2D eigenvalue weighted by Gasteiger charge is 2.35. The van der Waals surface area contributed by atoms with E-state index in [1.807, 2.05) is 0 Å². The van der Waals surface area contributed by atoms with Crippen LogP contribution in [0, 0.1) is 17.5 Å². The molecule has 0 aliphatic carbocycles. The minimum Gasteiger partial charge on any atom is -0.489 e. The Balaban J connectivity index is 2.36. The number of hydrogen-bond acceptors (Lipinski definition) is 2. The van der Waals surface area contributed by atoms with Crippen LogP contribution in [0.5, 0.6) is 5.75 Å². The lowest BCUT2D eigenvalue weighted by molar-refractivity contribution is 0.0868. The second kappa shape index (κ2) is 3.73. The van der Waals surface area contributed by atoms with E-state index < -0.39 is 34.2 Å². The average molecular weight is 223 g/mol. The first-order chi connectivity index (χ1) is 7.43. The zero-order valence-corrected chi connectivity index (χ0v) is 8.19. The third kappa shape index (κ3) is 1.80. The van der Waals surface area contributed by atoms with Crippen LogP contribution in [-0.4, -0.2) is 34.3 Å². The Kier molecular flexibility index (Phi) is 2.66. The van der Waals surface area contributed by atoms with Gasteiger partial charge in [0.15, 0.2) is 17.4 Å². The summed E-state index contributed by atoms with van der Waals surface area (Å²) in [4.78, 5) is 0. The van der Waals surface area contributed by atoms with E-state index >= 15 is 0 Å². The number of hydrogen-bond donors (Lipinski definition) is 1. The lowest BCUT2D eigenvalue weighted by Gasteiger charge is -2.40. The maximum atomic E-state index is 13.3. The quantitative estimate of drug-likeness (QED) is 0.550. The van der Waals surface area contributed by atoms with Crippen LogP contribution in [0.1, 0.15) is 0 Å². The van der Waals surface area contributed by atoms with Gasteiger partial charge in [0.25, 0.3) is 0 Å². The summed E-state index contributed by atoms with van der Waals surface area (Å²) in [5.74, 6) is -4.72. The van der Waals surface area contributed by atoms with Gasteiger partial charge in [-0.15, -0.1) is 0 Å². The van der Waals surface area contributed by atoms with E-state index in [2.05, 4.69) is 5.32 Å². The summed E-state index contributed by atoms with van der Waals surface area (Å²) in [5.41, 5.74) is -1.82. The van der Waals surface area contributed by atoms with Crippen LogP contribution in [0.15, 0.2) is 6.07 Å². The molecule has 0 unspecified atom stereocenters. The first kappa shape index (κ1) is 11.4. The van der Waals surface area contributed by atoms with E-state index in [1.54, 1.807) is 0 Å². The van der Waals surface area contributed by atoms with Gasteiger partial charge in [-0.05, 0) is 6.07 Å². The van der Waals surface area contributed by atoms with Gasteiger partial charge >= 0.3 is 0 Å². The van der Waals surface area contributed by atoms with Gasteiger partial charge in [-0.2, -0.15) is 4.39 Å². The molecule has 80 valence electrons. The Morgan fingerprint density at radius 2 is 1.88 bits per heavy atom. The maximum absolute atomic E-state index is 13.3. The summed E-state index contributed by atoms with van der Waals surface area (Å²) in [5, 5.41) is 2.77. The van der Waals surface area contributed by atoms with Crippen molar-refractivity contribution in [3.63, 3.8) is 0 Å². The van der Waals surface area contributed by atoms with Gasteiger partial charge in [-0.1, -0.05) is 5.46 Å². The fourth-order valence-corrected chi connectivity index (χ4v) is 1.34. The Labute approximate surface area is 93.0 Å². The SMILES string of the molecule is [B]c1cc(F)c(OC2([B])CNC2)c(F)c1F. The number of rotatable bonds is 2. The number of nitrogens with one attached hydrogen (secondary N) is 1. The molecule has 1 aromatic carbocycles. The smallest absolute Gasteiger partial charge is 0.203 e. The van der Waals surface area contributed by atoms with E-state index in [9.17, 15) is 13.2 Å². The monoisotopic (exact) mass is 223 g/mol. The van der Waals surface area contributed by atoms with Crippen LogP contribution in [0.3, 0.4) is 0 Å². The molecule has 4 radical (unpaired) electrons. The molecular formula is C9H6B2F3NO. The molecule has 2 nitrogen and oxygen atoms in total. The molecule has 1 saturated heterocycles. The zero-order valence-electron chi connectivity index (χ0n) is 8.19. The fourth-order valence-electron chi connectivity index (χ4n) is 1.34. The molecule has 0 bridgehead atoms. The van der Waals surface area contributed by atoms with Crippen LogP contribution in [0.4, 0.5) is 13.2 Å². The maximum Gasteiger partial charge on any atom is 0.203 e. The molecule has 1 heterocycles. The Hall–Kier alpha value is -1.10. The third-order valence-corrected chi connectivity index (χ3v) is 2.30. The molecule has 1 aromatic rings. The normalized spacial score (nSPS) is 17.9. The highest BCUT2D eigenvalue weighted by Crippen LogP contribution is 2.27. The van der Waals surface area contributed by atoms with Crippen molar-refractivity contribution >= 4 is 21.2 Å². The van der Waals surface area contributed by atoms with Gasteiger partial charge in [0, 0.05) is 13.1 Å². The third-order valence-electron chi connectivity index (χ3n) is 2.30. The van der Waals surface area contributed by atoms with Crippen LogP contribution in [-0.2, 0) is 0 Å². The molecular weight excluding hydrogens is 217 g/mol. The van der Waals surface area contributed by atoms with Crippen molar-refractivity contribution in [1.82, 2.24) is 5.32 Å². The van der Waals surface area contributed by atoms with E-state index in [1.165, 1.54) is 0 Å². The van der Waals surface area contributed by atoms with E-state index in [0.717, 1.165) is 0 Å². The Morgan fingerprint density at radius 1 is 1.25 bits per heavy atom. The van der Waals surface area contributed by atoms with Crippen molar-refractivity contribution in [2.45, 2.75) is 5.50 Å². The number of halogens is 3. The minimum absolute atomic E-state index is 0.234. The predicted molar refractivity (Wildman–Crippen MR) is 53.7 cm³/mol. The summed E-state index contributed by atoms with van der Waals surface area (Å²) in [7, 11) is 10.6. The van der Waals surface area contributed by atoms with Crippen molar-refractivity contribution in [1.29, 1.82) is 0 Å². The fraction of sp³-hybridized carbons (Fsp3) is 0.333. The van der Waals surface area contributed by atoms with Crippen LogP contribution < -0.4 is 15.5 Å². The van der Waals surface area contributed by atoms with Crippen molar-refractivity contribution in [2.75, 3.05) is 13.1 Å². The number of benzene rings is 1.